The molecular weight excluding hydrogens is 382 g/mol. The Balaban J connectivity index is 2.10. The van der Waals surface area contributed by atoms with Gasteiger partial charge in [-0.2, -0.15) is 8.42 Å². The van der Waals surface area contributed by atoms with Gasteiger partial charge in [0.25, 0.3) is 0 Å². The lowest BCUT2D eigenvalue weighted by atomic mass is 10.1. The monoisotopic (exact) mass is 405 g/mol. The molecule has 0 fully saturated rings. The van der Waals surface area contributed by atoms with Gasteiger partial charge in [0.15, 0.2) is 0 Å². The van der Waals surface area contributed by atoms with Crippen LogP contribution in [0.25, 0.3) is 0 Å². The molecule has 1 N–H and O–H groups in total. The Hall–Kier alpha value is -2.87. The molecule has 2 aromatic rings. The van der Waals surface area contributed by atoms with Crippen molar-refractivity contribution in [2.75, 3.05) is 0 Å². The van der Waals surface area contributed by atoms with Gasteiger partial charge in [0.2, 0.25) is 5.91 Å². The Kier molecular flexibility index (Phi) is 7.17. The molecule has 2 rings (SSSR count). The van der Waals surface area contributed by atoms with Crippen molar-refractivity contribution in [3.05, 3.63) is 60.2 Å². The minimum absolute atomic E-state index is 0.0567. The SMILES string of the molecule is CC(=O)N[C@@H](Cc1ccc(OS(=O)(=O)c2ccccc2)cc1)C(=O)OC(C)C. The summed E-state index contributed by atoms with van der Waals surface area (Å²) < 4.78 is 34.8. The second-order valence-electron chi connectivity index (χ2n) is 6.44. The van der Waals surface area contributed by atoms with Gasteiger partial charge in [0.1, 0.15) is 16.7 Å². The topological polar surface area (TPSA) is 98.8 Å². The predicted octanol–water partition coefficient (Wildman–Crippen LogP) is 2.45. The van der Waals surface area contributed by atoms with Crippen molar-refractivity contribution in [1.82, 2.24) is 5.32 Å². The first-order valence-corrected chi connectivity index (χ1v) is 10.1. The second-order valence-corrected chi connectivity index (χ2v) is 7.98. The minimum Gasteiger partial charge on any atom is -0.461 e. The molecule has 0 spiro atoms. The summed E-state index contributed by atoms with van der Waals surface area (Å²) in [6.07, 6.45) is -0.0978. The number of rotatable bonds is 8. The molecule has 8 heteroatoms. The summed E-state index contributed by atoms with van der Waals surface area (Å²) in [7, 11) is -3.92. The molecule has 0 heterocycles. The maximum atomic E-state index is 12.2. The van der Waals surface area contributed by atoms with Crippen molar-refractivity contribution in [2.24, 2.45) is 0 Å². The number of esters is 1. The molecule has 0 saturated heterocycles. The fourth-order valence-corrected chi connectivity index (χ4v) is 3.38. The molecule has 0 aliphatic carbocycles. The average Bonchev–Trinajstić information content (AvgIpc) is 2.62. The van der Waals surface area contributed by atoms with Gasteiger partial charge in [-0.1, -0.05) is 30.3 Å². The summed E-state index contributed by atoms with van der Waals surface area (Å²) in [5, 5.41) is 2.57. The molecule has 0 saturated carbocycles. The van der Waals surface area contributed by atoms with Crippen molar-refractivity contribution in [1.29, 1.82) is 0 Å². The van der Waals surface area contributed by atoms with E-state index in [1.165, 1.54) is 31.2 Å². The molecule has 0 aliphatic heterocycles. The average molecular weight is 405 g/mol. The van der Waals surface area contributed by atoms with Crippen molar-refractivity contribution < 1.29 is 26.9 Å². The molecule has 0 bridgehead atoms. The van der Waals surface area contributed by atoms with Gasteiger partial charge >= 0.3 is 16.1 Å². The summed E-state index contributed by atoms with van der Waals surface area (Å²) in [6.45, 7) is 4.77. The predicted molar refractivity (Wildman–Crippen MR) is 103 cm³/mol. The number of hydrogen-bond donors (Lipinski definition) is 1. The van der Waals surface area contributed by atoms with E-state index in [0.29, 0.717) is 5.56 Å². The zero-order valence-electron chi connectivity index (χ0n) is 15.9. The van der Waals surface area contributed by atoms with Gasteiger partial charge in [-0.15, -0.1) is 0 Å². The third kappa shape index (κ3) is 6.38. The Morgan fingerprint density at radius 2 is 1.61 bits per heavy atom. The fraction of sp³-hybridized carbons (Fsp3) is 0.300. The van der Waals surface area contributed by atoms with Crippen LogP contribution in [0, 0.1) is 0 Å². The molecule has 150 valence electrons. The smallest absolute Gasteiger partial charge is 0.339 e. The van der Waals surface area contributed by atoms with Crippen LogP contribution in [-0.4, -0.2) is 32.4 Å². The molecule has 28 heavy (non-hydrogen) atoms. The molecule has 0 aromatic heterocycles. The number of carbonyl (C=O) groups excluding carboxylic acids is 2. The van der Waals surface area contributed by atoms with E-state index in [4.69, 9.17) is 8.92 Å². The molecular formula is C20H23NO6S. The van der Waals surface area contributed by atoms with Crippen LogP contribution in [0.5, 0.6) is 5.75 Å². The number of nitrogens with one attached hydrogen (secondary N) is 1. The van der Waals surface area contributed by atoms with Crippen LogP contribution in [0.15, 0.2) is 59.5 Å². The van der Waals surface area contributed by atoms with Crippen molar-refractivity contribution in [3.63, 3.8) is 0 Å². The molecule has 1 amide bonds. The summed E-state index contributed by atoms with van der Waals surface area (Å²) in [6, 6.07) is 13.2. The van der Waals surface area contributed by atoms with Gasteiger partial charge in [-0.3, -0.25) is 4.79 Å². The van der Waals surface area contributed by atoms with Gasteiger partial charge in [-0.05, 0) is 43.7 Å². The van der Waals surface area contributed by atoms with Gasteiger partial charge in [-0.25, -0.2) is 4.79 Å². The highest BCUT2D eigenvalue weighted by molar-refractivity contribution is 7.87. The van der Waals surface area contributed by atoms with E-state index in [-0.39, 0.29) is 29.1 Å². The Morgan fingerprint density at radius 3 is 2.14 bits per heavy atom. The van der Waals surface area contributed by atoms with Crippen LogP contribution in [-0.2, 0) is 30.9 Å². The zero-order chi connectivity index (χ0) is 20.7. The summed E-state index contributed by atoms with van der Waals surface area (Å²) in [5.41, 5.74) is 0.712. The standard InChI is InChI=1S/C20H23NO6S/c1-14(2)26-20(23)19(21-15(3)22)13-16-9-11-17(12-10-16)27-28(24,25)18-7-5-4-6-8-18/h4-12,14,19H,13H2,1-3H3,(H,21,22)/t19-/m0/s1. The van der Waals surface area contributed by atoms with E-state index in [1.807, 2.05) is 0 Å². The van der Waals surface area contributed by atoms with Gasteiger partial charge in [0, 0.05) is 13.3 Å². The van der Waals surface area contributed by atoms with Crippen LogP contribution >= 0.6 is 0 Å². The molecule has 1 atom stereocenters. The highest BCUT2D eigenvalue weighted by Gasteiger charge is 2.23. The maximum absolute atomic E-state index is 12.2. The van der Waals surface area contributed by atoms with Crippen LogP contribution in [0.4, 0.5) is 0 Å². The van der Waals surface area contributed by atoms with Crippen molar-refractivity contribution in [2.45, 2.75) is 44.2 Å². The zero-order valence-corrected chi connectivity index (χ0v) is 16.7. The second kappa shape index (κ2) is 9.36. The van der Waals surface area contributed by atoms with Crippen LogP contribution in [0.1, 0.15) is 26.3 Å². The third-order valence-corrected chi connectivity index (χ3v) is 4.88. The maximum Gasteiger partial charge on any atom is 0.339 e. The normalized spacial score (nSPS) is 12.3. The fourth-order valence-electron chi connectivity index (χ4n) is 2.43. The summed E-state index contributed by atoms with van der Waals surface area (Å²) >= 11 is 0. The molecule has 0 aliphatic rings. The van der Waals surface area contributed by atoms with E-state index in [0.717, 1.165) is 0 Å². The summed E-state index contributed by atoms with van der Waals surface area (Å²) in [4.78, 5) is 23.6. The first-order valence-electron chi connectivity index (χ1n) is 8.73. The third-order valence-electron chi connectivity index (χ3n) is 3.61. The van der Waals surface area contributed by atoms with Gasteiger partial charge < -0.3 is 14.2 Å². The quantitative estimate of drug-likeness (QED) is 0.535. The van der Waals surface area contributed by atoms with Crippen LogP contribution in [0.3, 0.4) is 0 Å². The van der Waals surface area contributed by atoms with E-state index >= 15 is 0 Å². The molecule has 0 radical (unpaired) electrons. The number of ether oxygens (including phenoxy) is 1. The molecule has 2 aromatic carbocycles. The Morgan fingerprint density at radius 1 is 1.00 bits per heavy atom. The van der Waals surface area contributed by atoms with Gasteiger partial charge in [0.05, 0.1) is 6.10 Å². The van der Waals surface area contributed by atoms with Crippen molar-refractivity contribution >= 4 is 22.0 Å². The number of hydrogen-bond acceptors (Lipinski definition) is 6. The molecule has 7 nitrogen and oxygen atoms in total. The number of benzene rings is 2. The van der Waals surface area contributed by atoms with E-state index in [1.54, 1.807) is 44.2 Å². The Labute approximate surface area is 164 Å². The Bertz CT molecular complexity index is 907. The van der Waals surface area contributed by atoms with Crippen LogP contribution in [0.2, 0.25) is 0 Å². The number of carbonyl (C=O) groups is 2. The van der Waals surface area contributed by atoms with E-state index in [9.17, 15) is 18.0 Å². The lowest BCUT2D eigenvalue weighted by Crippen LogP contribution is -2.43. The lowest BCUT2D eigenvalue weighted by Gasteiger charge is -2.18. The largest absolute Gasteiger partial charge is 0.461 e. The lowest BCUT2D eigenvalue weighted by molar-refractivity contribution is -0.151. The summed E-state index contributed by atoms with van der Waals surface area (Å²) in [5.74, 6) is -0.731. The highest BCUT2D eigenvalue weighted by Crippen LogP contribution is 2.19. The highest BCUT2D eigenvalue weighted by atomic mass is 32.2. The molecule has 0 unspecified atom stereocenters. The number of amides is 1. The minimum atomic E-state index is -3.92. The van der Waals surface area contributed by atoms with E-state index < -0.39 is 22.1 Å². The van der Waals surface area contributed by atoms with Crippen molar-refractivity contribution in [3.8, 4) is 5.75 Å². The first-order chi connectivity index (χ1) is 13.2. The first kappa shape index (κ1) is 21.4. The van der Waals surface area contributed by atoms with E-state index in [2.05, 4.69) is 5.32 Å². The van der Waals surface area contributed by atoms with Crippen LogP contribution < -0.4 is 9.50 Å².